The predicted octanol–water partition coefficient (Wildman–Crippen LogP) is 3.30. The molecule has 3 aliphatic carbocycles. The third-order valence-corrected chi connectivity index (χ3v) is 4.72. The first kappa shape index (κ1) is 6.64. The summed E-state index contributed by atoms with van der Waals surface area (Å²) in [6.07, 6.45) is 4.51. The molecule has 0 unspecified atom stereocenters. The van der Waals surface area contributed by atoms with E-state index in [2.05, 4.69) is 24.3 Å². The van der Waals surface area contributed by atoms with Gasteiger partial charge in [0, 0.05) is 0 Å². The van der Waals surface area contributed by atoms with E-state index >= 15 is 0 Å². The highest BCUT2D eigenvalue weighted by Gasteiger charge is 2.54. The molecule has 0 amide bonds. The van der Waals surface area contributed by atoms with Crippen LogP contribution in [0.5, 0.6) is 0 Å². The Morgan fingerprint density at radius 1 is 0.846 bits per heavy atom. The van der Waals surface area contributed by atoms with Gasteiger partial charge in [0.05, 0.1) is 0 Å². The quantitative estimate of drug-likeness (QED) is 0.560. The van der Waals surface area contributed by atoms with Crippen LogP contribution in [0.15, 0.2) is 24.3 Å². The number of hydrogen-bond donors (Lipinski definition) is 0. The maximum atomic E-state index is 2.37. The summed E-state index contributed by atoms with van der Waals surface area (Å²) in [4.78, 5) is 0. The van der Waals surface area contributed by atoms with Crippen LogP contribution in [0.4, 0.5) is 0 Å². The van der Waals surface area contributed by atoms with Gasteiger partial charge in [0.1, 0.15) is 0 Å². The minimum absolute atomic E-state index is 0.958. The second-order valence-electron chi connectivity index (χ2n) is 4.98. The van der Waals surface area contributed by atoms with E-state index in [-0.39, 0.29) is 0 Å². The highest BCUT2D eigenvalue weighted by Crippen LogP contribution is 2.66. The minimum Gasteiger partial charge on any atom is -0.0620 e. The number of hydrogen-bond acceptors (Lipinski definition) is 0. The van der Waals surface area contributed by atoms with Crippen LogP contribution in [-0.4, -0.2) is 0 Å². The molecule has 66 valence electrons. The van der Waals surface area contributed by atoms with Crippen LogP contribution >= 0.6 is 0 Å². The Labute approximate surface area is 79.0 Å². The van der Waals surface area contributed by atoms with Crippen LogP contribution < -0.4 is 0 Å². The molecule has 0 spiro atoms. The molecule has 2 saturated carbocycles. The molecule has 0 aromatic heterocycles. The summed E-state index contributed by atoms with van der Waals surface area (Å²) in [5, 5.41) is 0. The predicted molar refractivity (Wildman–Crippen MR) is 52.8 cm³/mol. The number of rotatable bonds is 0. The number of benzene rings is 1. The Kier molecular flexibility index (Phi) is 1.02. The molecule has 0 aliphatic heterocycles. The van der Waals surface area contributed by atoms with Crippen molar-refractivity contribution in [3.8, 4) is 0 Å². The van der Waals surface area contributed by atoms with Crippen molar-refractivity contribution in [1.82, 2.24) is 0 Å². The second-order valence-corrected chi connectivity index (χ2v) is 4.98. The molecule has 3 aliphatic rings. The molecule has 0 heterocycles. The Bertz CT molecular complexity index is 331. The molecule has 0 N–H and O–H groups in total. The van der Waals surface area contributed by atoms with Gasteiger partial charge in [-0.25, -0.2) is 0 Å². The van der Waals surface area contributed by atoms with Crippen molar-refractivity contribution >= 4 is 0 Å². The van der Waals surface area contributed by atoms with Gasteiger partial charge in [-0.15, -0.1) is 0 Å². The van der Waals surface area contributed by atoms with Crippen LogP contribution in [0.1, 0.15) is 42.2 Å². The molecule has 4 atom stereocenters. The van der Waals surface area contributed by atoms with Crippen molar-refractivity contribution in [2.45, 2.75) is 31.1 Å². The summed E-state index contributed by atoms with van der Waals surface area (Å²) in [6.45, 7) is 0. The fourth-order valence-corrected chi connectivity index (χ4v) is 4.08. The first-order valence-corrected chi connectivity index (χ1v) is 5.54. The van der Waals surface area contributed by atoms with Crippen molar-refractivity contribution < 1.29 is 0 Å². The summed E-state index contributed by atoms with van der Waals surface area (Å²) in [6, 6.07) is 9.17. The Morgan fingerprint density at radius 3 is 1.85 bits per heavy atom. The van der Waals surface area contributed by atoms with Gasteiger partial charge in [0.2, 0.25) is 0 Å². The Morgan fingerprint density at radius 2 is 1.38 bits per heavy atom. The monoisotopic (exact) mass is 170 g/mol. The summed E-state index contributed by atoms with van der Waals surface area (Å²) in [5.74, 6) is 4.08. The third-order valence-electron chi connectivity index (χ3n) is 4.72. The van der Waals surface area contributed by atoms with E-state index in [0.29, 0.717) is 0 Å². The van der Waals surface area contributed by atoms with E-state index in [1.807, 2.05) is 0 Å². The van der Waals surface area contributed by atoms with E-state index in [4.69, 9.17) is 0 Å². The summed E-state index contributed by atoms with van der Waals surface area (Å²) >= 11 is 0. The van der Waals surface area contributed by atoms with E-state index in [9.17, 15) is 0 Å². The zero-order chi connectivity index (χ0) is 8.41. The molecule has 1 aromatic carbocycles. The fraction of sp³-hybridized carbons (Fsp3) is 0.538. The maximum Gasteiger partial charge on any atom is -0.0122 e. The average molecular weight is 170 g/mol. The van der Waals surface area contributed by atoms with Gasteiger partial charge < -0.3 is 0 Å². The molecule has 13 heavy (non-hydrogen) atoms. The fourth-order valence-electron chi connectivity index (χ4n) is 4.08. The minimum atomic E-state index is 0.958. The van der Waals surface area contributed by atoms with Gasteiger partial charge in [0.15, 0.2) is 0 Å². The molecule has 1 aromatic rings. The van der Waals surface area contributed by atoms with Crippen LogP contribution in [0.2, 0.25) is 0 Å². The van der Waals surface area contributed by atoms with Crippen LogP contribution in [0, 0.1) is 11.8 Å². The zero-order valence-corrected chi connectivity index (χ0v) is 7.74. The van der Waals surface area contributed by atoms with Crippen molar-refractivity contribution in [3.05, 3.63) is 35.4 Å². The highest BCUT2D eigenvalue weighted by molar-refractivity contribution is 5.44. The summed E-state index contributed by atoms with van der Waals surface area (Å²) in [5.41, 5.74) is 3.40. The van der Waals surface area contributed by atoms with E-state index in [0.717, 1.165) is 23.7 Å². The first-order valence-electron chi connectivity index (χ1n) is 5.54. The second kappa shape index (κ2) is 2.00. The smallest absolute Gasteiger partial charge is 0.0122 e. The topological polar surface area (TPSA) is 0 Å². The third kappa shape index (κ3) is 0.620. The lowest BCUT2D eigenvalue weighted by molar-refractivity contribution is 0.175. The Balaban J connectivity index is 1.94. The van der Waals surface area contributed by atoms with Gasteiger partial charge in [-0.05, 0) is 54.1 Å². The van der Waals surface area contributed by atoms with Crippen molar-refractivity contribution in [1.29, 1.82) is 0 Å². The molecule has 2 fully saturated rings. The lowest BCUT2D eigenvalue weighted by Crippen LogP contribution is -2.30. The standard InChI is InChI=1S/C13H14/c1-2-4-9-8(3-1)12-7-13(9)11-6-5-10(11)12/h1-4,10-13H,5-7H2/t10-,11+,12-,13+. The maximum absolute atomic E-state index is 2.37. The van der Waals surface area contributed by atoms with Crippen LogP contribution in [0.3, 0.4) is 0 Å². The molecule has 0 heteroatoms. The van der Waals surface area contributed by atoms with E-state index < -0.39 is 0 Å². The molecule has 4 rings (SSSR count). The molecule has 2 bridgehead atoms. The van der Waals surface area contributed by atoms with E-state index in [1.165, 1.54) is 19.3 Å². The molecular weight excluding hydrogens is 156 g/mol. The lowest BCUT2D eigenvalue weighted by atomic mass is 9.64. The Hall–Kier alpha value is -0.780. The zero-order valence-electron chi connectivity index (χ0n) is 7.74. The van der Waals surface area contributed by atoms with Crippen molar-refractivity contribution in [3.63, 3.8) is 0 Å². The highest BCUT2D eigenvalue weighted by atomic mass is 14.6. The normalized spacial score (nSPS) is 44.0. The van der Waals surface area contributed by atoms with Gasteiger partial charge in [-0.3, -0.25) is 0 Å². The average Bonchev–Trinajstić information content (AvgIpc) is 2.55. The van der Waals surface area contributed by atoms with Crippen molar-refractivity contribution in [2.75, 3.05) is 0 Å². The van der Waals surface area contributed by atoms with Gasteiger partial charge in [-0.1, -0.05) is 24.3 Å². The van der Waals surface area contributed by atoms with Crippen LogP contribution in [-0.2, 0) is 0 Å². The summed E-state index contributed by atoms with van der Waals surface area (Å²) in [7, 11) is 0. The SMILES string of the molecule is c1ccc2c(c1)[C@H]1C[C@@H]2[C@H]2CC[C@H]21. The molecular formula is C13H14. The molecule has 0 saturated heterocycles. The van der Waals surface area contributed by atoms with Gasteiger partial charge in [0.25, 0.3) is 0 Å². The van der Waals surface area contributed by atoms with Crippen molar-refractivity contribution in [2.24, 2.45) is 11.8 Å². The molecule has 0 radical (unpaired) electrons. The number of fused-ring (bicyclic) bond motifs is 8. The van der Waals surface area contributed by atoms with Crippen LogP contribution in [0.25, 0.3) is 0 Å². The first-order chi connectivity index (χ1) is 6.45. The van der Waals surface area contributed by atoms with E-state index in [1.54, 1.807) is 11.1 Å². The molecule has 0 nitrogen and oxygen atoms in total. The lowest BCUT2D eigenvalue weighted by Gasteiger charge is -2.41. The van der Waals surface area contributed by atoms with Gasteiger partial charge >= 0.3 is 0 Å². The largest absolute Gasteiger partial charge is 0.0620 e. The summed E-state index contributed by atoms with van der Waals surface area (Å²) < 4.78 is 0. The van der Waals surface area contributed by atoms with Gasteiger partial charge in [-0.2, -0.15) is 0 Å².